The van der Waals surface area contributed by atoms with E-state index in [1.165, 1.54) is 66.1 Å². The van der Waals surface area contributed by atoms with Crippen molar-refractivity contribution in [2.45, 2.75) is 77.0 Å². The Kier molecular flexibility index (Phi) is 7.27. The molecule has 0 bridgehead atoms. The van der Waals surface area contributed by atoms with Gasteiger partial charge in [-0.15, -0.1) is 0 Å². The van der Waals surface area contributed by atoms with Gasteiger partial charge >= 0.3 is 0 Å². The average molecular weight is 726 g/mol. The average Bonchev–Trinajstić information content (AvgIpc) is 3.22. The molecule has 0 amide bonds. The van der Waals surface area contributed by atoms with Crippen molar-refractivity contribution in [1.82, 2.24) is 15.0 Å². The first-order chi connectivity index (χ1) is 26.8. The van der Waals surface area contributed by atoms with Gasteiger partial charge in [-0.05, 0) is 99.8 Å². The Morgan fingerprint density at radius 2 is 0.821 bits per heavy atom. The molecule has 56 heavy (non-hydrogen) atoms. The van der Waals surface area contributed by atoms with Crippen LogP contribution in [0.2, 0.25) is 0 Å². The maximum Gasteiger partial charge on any atom is 0.164 e. The lowest BCUT2D eigenvalue weighted by Crippen LogP contribution is -2.43. The van der Waals surface area contributed by atoms with Crippen LogP contribution in [0.15, 0.2) is 140 Å². The van der Waals surface area contributed by atoms with Gasteiger partial charge in [-0.1, -0.05) is 183 Å². The molecule has 3 nitrogen and oxygen atoms in total. The Balaban J connectivity index is 1.19. The molecule has 2 aliphatic carbocycles. The Hall–Kier alpha value is -5.93. The Labute approximate surface area is 330 Å². The number of fused-ring (bicyclic) bond motifs is 10. The highest BCUT2D eigenvalue weighted by Gasteiger charge is 2.47. The molecule has 0 saturated carbocycles. The molecule has 7 aromatic carbocycles. The van der Waals surface area contributed by atoms with E-state index in [4.69, 9.17) is 15.0 Å². The number of nitrogens with zero attached hydrogens (tertiary/aromatic N) is 3. The highest BCUT2D eigenvalue weighted by Crippen LogP contribution is 2.57. The molecule has 274 valence electrons. The summed E-state index contributed by atoms with van der Waals surface area (Å²) >= 11 is 0. The van der Waals surface area contributed by atoms with E-state index < -0.39 is 0 Å². The lowest BCUT2D eigenvalue weighted by Gasteiger charge is -2.48. The summed E-state index contributed by atoms with van der Waals surface area (Å²) in [6, 6.07) is 50.9. The predicted octanol–water partition coefficient (Wildman–Crippen LogP) is 13.7. The van der Waals surface area contributed by atoms with Crippen molar-refractivity contribution in [1.29, 1.82) is 0 Å². The van der Waals surface area contributed by atoms with E-state index in [0.29, 0.717) is 17.5 Å². The third-order valence-electron chi connectivity index (χ3n) is 14.4. The molecular weight excluding hydrogens is 679 g/mol. The summed E-state index contributed by atoms with van der Waals surface area (Å²) in [5.41, 5.74) is 13.0. The molecule has 0 N–H and O–H groups in total. The van der Waals surface area contributed by atoms with Crippen LogP contribution in [0.25, 0.3) is 78.0 Å². The van der Waals surface area contributed by atoms with Crippen LogP contribution in [0.4, 0.5) is 0 Å². The summed E-state index contributed by atoms with van der Waals surface area (Å²) in [4.78, 5) is 15.7. The van der Waals surface area contributed by atoms with Gasteiger partial charge in [-0.25, -0.2) is 15.0 Å². The molecule has 1 heterocycles. The fourth-order valence-electron chi connectivity index (χ4n) is 9.71. The minimum Gasteiger partial charge on any atom is -0.208 e. The smallest absolute Gasteiger partial charge is 0.164 e. The normalized spacial score (nSPS) is 16.8. The van der Waals surface area contributed by atoms with Crippen LogP contribution in [0, 0.1) is 0 Å². The van der Waals surface area contributed by atoms with Crippen LogP contribution in [-0.4, -0.2) is 15.0 Å². The second-order valence-corrected chi connectivity index (χ2v) is 18.1. The lowest BCUT2D eigenvalue weighted by molar-refractivity contribution is 0.299. The highest BCUT2D eigenvalue weighted by molar-refractivity contribution is 6.16. The summed E-state index contributed by atoms with van der Waals surface area (Å²) in [5, 5.41) is 5.15. The maximum absolute atomic E-state index is 5.32. The molecule has 1 aromatic heterocycles. The number of hydrogen-bond acceptors (Lipinski definition) is 3. The Bertz CT molecular complexity index is 2910. The van der Waals surface area contributed by atoms with Gasteiger partial charge in [0.2, 0.25) is 0 Å². The minimum atomic E-state index is -0.186. The molecule has 2 aliphatic rings. The Morgan fingerprint density at radius 3 is 1.52 bits per heavy atom. The monoisotopic (exact) mass is 725 g/mol. The summed E-state index contributed by atoms with van der Waals surface area (Å²) in [6.07, 6.45) is 0. The quantitative estimate of drug-likeness (QED) is 0.170. The molecule has 0 unspecified atom stereocenters. The van der Waals surface area contributed by atoms with E-state index >= 15 is 0 Å². The second-order valence-electron chi connectivity index (χ2n) is 18.1. The zero-order valence-corrected chi connectivity index (χ0v) is 33.6. The molecule has 0 atom stereocenters. The van der Waals surface area contributed by atoms with Gasteiger partial charge in [0.1, 0.15) is 0 Å². The van der Waals surface area contributed by atoms with Gasteiger partial charge in [-0.2, -0.15) is 0 Å². The molecule has 0 fully saturated rings. The van der Waals surface area contributed by atoms with E-state index in [0.717, 1.165) is 16.7 Å². The molecular formula is C53H47N3. The first-order valence-electron chi connectivity index (χ1n) is 20.0. The standard InChI is InChI=1S/C53H47N3/c1-50(2)41-21-15-14-20-38(41)39-27-24-35(30-43(39)52(50,5)6)48-54-47(34-17-10-9-11-18-34)55-49(56-48)36-25-28-40-44(31-36)53(7,8)51(3,4)42-29-26-33-23-22-32-16-12-13-19-37(32)45(33)46(40)42/h9-31H,1-8H3. The van der Waals surface area contributed by atoms with Crippen molar-refractivity contribution in [2.24, 2.45) is 0 Å². The van der Waals surface area contributed by atoms with Crippen molar-refractivity contribution < 1.29 is 0 Å². The van der Waals surface area contributed by atoms with Crippen LogP contribution in [0.1, 0.15) is 77.6 Å². The minimum absolute atomic E-state index is 0.0748. The topological polar surface area (TPSA) is 38.7 Å². The van der Waals surface area contributed by atoms with Crippen molar-refractivity contribution in [2.75, 3.05) is 0 Å². The van der Waals surface area contributed by atoms with Crippen LogP contribution >= 0.6 is 0 Å². The van der Waals surface area contributed by atoms with Crippen molar-refractivity contribution in [3.63, 3.8) is 0 Å². The third-order valence-corrected chi connectivity index (χ3v) is 14.4. The first kappa shape index (κ1) is 34.6. The third kappa shape index (κ3) is 4.73. The lowest BCUT2D eigenvalue weighted by atomic mass is 9.55. The van der Waals surface area contributed by atoms with Crippen LogP contribution in [0.3, 0.4) is 0 Å². The fourth-order valence-corrected chi connectivity index (χ4v) is 9.71. The fraction of sp³-hybridized carbons (Fsp3) is 0.226. The second kappa shape index (κ2) is 11.8. The first-order valence-corrected chi connectivity index (χ1v) is 20.0. The van der Waals surface area contributed by atoms with Gasteiger partial charge in [0.05, 0.1) is 0 Å². The van der Waals surface area contributed by atoms with E-state index in [1.54, 1.807) is 0 Å². The summed E-state index contributed by atoms with van der Waals surface area (Å²) in [6.45, 7) is 19.1. The molecule has 8 aromatic rings. The van der Waals surface area contributed by atoms with Gasteiger partial charge in [0.15, 0.2) is 17.5 Å². The number of hydrogen-bond donors (Lipinski definition) is 0. The maximum atomic E-state index is 5.32. The molecule has 0 spiro atoms. The Morgan fingerprint density at radius 1 is 0.339 bits per heavy atom. The van der Waals surface area contributed by atoms with Crippen LogP contribution in [0.5, 0.6) is 0 Å². The summed E-state index contributed by atoms with van der Waals surface area (Å²) < 4.78 is 0. The number of benzene rings is 7. The van der Waals surface area contributed by atoms with Gasteiger partial charge in [0, 0.05) is 16.7 Å². The molecule has 0 saturated heterocycles. The largest absolute Gasteiger partial charge is 0.208 e. The van der Waals surface area contributed by atoms with Gasteiger partial charge in [0.25, 0.3) is 0 Å². The molecule has 0 aliphatic heterocycles. The molecule has 3 heteroatoms. The predicted molar refractivity (Wildman–Crippen MR) is 234 cm³/mol. The highest BCUT2D eigenvalue weighted by atomic mass is 15.0. The molecule has 0 radical (unpaired) electrons. The molecule has 10 rings (SSSR count). The van der Waals surface area contributed by atoms with Crippen molar-refractivity contribution >= 4 is 21.5 Å². The van der Waals surface area contributed by atoms with Gasteiger partial charge in [-0.3, -0.25) is 0 Å². The van der Waals surface area contributed by atoms with Crippen LogP contribution in [-0.2, 0) is 21.7 Å². The van der Waals surface area contributed by atoms with E-state index in [1.807, 2.05) is 18.2 Å². The van der Waals surface area contributed by atoms with E-state index in [2.05, 4.69) is 177 Å². The van der Waals surface area contributed by atoms with Crippen LogP contribution < -0.4 is 0 Å². The number of aromatic nitrogens is 3. The van der Waals surface area contributed by atoms with Crippen molar-refractivity contribution in [3.05, 3.63) is 162 Å². The van der Waals surface area contributed by atoms with Gasteiger partial charge < -0.3 is 0 Å². The van der Waals surface area contributed by atoms with E-state index in [9.17, 15) is 0 Å². The zero-order chi connectivity index (χ0) is 38.8. The number of rotatable bonds is 3. The SMILES string of the molecule is CC1(C)c2ccccc2-c2ccc(-c3nc(-c4ccccc4)nc(-c4ccc5c(c4)C(C)(C)C(C)(C)c4ccc6ccc7ccccc7c6c4-5)n3)cc2C1(C)C. The van der Waals surface area contributed by atoms with Crippen molar-refractivity contribution in [3.8, 4) is 56.4 Å². The van der Waals surface area contributed by atoms with E-state index in [-0.39, 0.29) is 21.7 Å². The summed E-state index contributed by atoms with van der Waals surface area (Å²) in [7, 11) is 0. The zero-order valence-electron chi connectivity index (χ0n) is 33.6. The summed E-state index contributed by atoms with van der Waals surface area (Å²) in [5.74, 6) is 2.04.